The number of halogens is 1. The van der Waals surface area contributed by atoms with Crippen LogP contribution in [0.15, 0.2) is 29.2 Å². The van der Waals surface area contributed by atoms with Gasteiger partial charge in [-0.1, -0.05) is 12.1 Å². The van der Waals surface area contributed by atoms with Gasteiger partial charge in [-0.3, -0.25) is 4.79 Å². The van der Waals surface area contributed by atoms with E-state index in [-0.39, 0.29) is 31.2 Å². The van der Waals surface area contributed by atoms with E-state index in [1.165, 1.54) is 0 Å². The number of carbonyl (C=O) groups excluding carboxylic acids is 1. The number of alkyl halides is 1. The van der Waals surface area contributed by atoms with Gasteiger partial charge in [-0.25, -0.2) is 0 Å². The quantitative estimate of drug-likeness (QED) is 0.215. The molecule has 0 bridgehead atoms. The van der Waals surface area contributed by atoms with Crippen LogP contribution in [0.5, 0.6) is 0 Å². The third-order valence-corrected chi connectivity index (χ3v) is 6.69. The fraction of sp³-hybridized carbons (Fsp3) is 0.667. The SMILES string of the molecule is O=C(CCCCOC[C@H]1CCC(Cl)[C@@H]1CSc1cccc(CO)c1)OCCO. The molecular weight excluding hydrogens is 400 g/mol. The van der Waals surface area contributed by atoms with Crippen molar-refractivity contribution in [2.24, 2.45) is 11.8 Å². The lowest BCUT2D eigenvalue weighted by Gasteiger charge is -2.21. The number of carbonyl (C=O) groups is 1. The Morgan fingerprint density at radius 3 is 2.86 bits per heavy atom. The summed E-state index contributed by atoms with van der Waals surface area (Å²) in [5.74, 6) is 1.56. The van der Waals surface area contributed by atoms with Crippen LogP contribution in [0.25, 0.3) is 0 Å². The summed E-state index contributed by atoms with van der Waals surface area (Å²) in [6.45, 7) is 1.34. The number of benzene rings is 1. The molecule has 1 saturated carbocycles. The number of aliphatic hydroxyl groups excluding tert-OH is 2. The topological polar surface area (TPSA) is 76.0 Å². The van der Waals surface area contributed by atoms with E-state index in [9.17, 15) is 9.90 Å². The Hall–Kier alpha value is -0.790. The zero-order valence-corrected chi connectivity index (χ0v) is 17.8. The van der Waals surface area contributed by atoms with E-state index in [4.69, 9.17) is 26.2 Å². The Kier molecular flexibility index (Phi) is 11.3. The molecule has 158 valence electrons. The van der Waals surface area contributed by atoms with Gasteiger partial charge in [-0.05, 0) is 55.2 Å². The minimum absolute atomic E-state index is 0.0611. The highest BCUT2D eigenvalue weighted by atomic mass is 35.5. The molecule has 2 N–H and O–H groups in total. The predicted octanol–water partition coefficient (Wildman–Crippen LogP) is 3.63. The average Bonchev–Trinajstić information content (AvgIpc) is 3.07. The maximum atomic E-state index is 11.3. The number of thioether (sulfide) groups is 1. The van der Waals surface area contributed by atoms with Crippen LogP contribution in [0.2, 0.25) is 0 Å². The third-order valence-electron chi connectivity index (χ3n) is 5.01. The van der Waals surface area contributed by atoms with Gasteiger partial charge in [0.25, 0.3) is 0 Å². The van der Waals surface area contributed by atoms with Crippen LogP contribution < -0.4 is 0 Å². The Labute approximate surface area is 176 Å². The smallest absolute Gasteiger partial charge is 0.305 e. The van der Waals surface area contributed by atoms with Gasteiger partial charge in [-0.15, -0.1) is 23.4 Å². The largest absolute Gasteiger partial charge is 0.463 e. The van der Waals surface area contributed by atoms with Gasteiger partial charge in [0.2, 0.25) is 0 Å². The highest BCUT2D eigenvalue weighted by molar-refractivity contribution is 7.99. The van der Waals surface area contributed by atoms with Crippen LogP contribution in [0.4, 0.5) is 0 Å². The molecule has 28 heavy (non-hydrogen) atoms. The van der Waals surface area contributed by atoms with Crippen molar-refractivity contribution in [3.05, 3.63) is 29.8 Å². The molecule has 1 aromatic carbocycles. The fourth-order valence-corrected chi connectivity index (χ4v) is 5.24. The van der Waals surface area contributed by atoms with Crippen LogP contribution in [0.1, 0.15) is 37.7 Å². The zero-order chi connectivity index (χ0) is 20.2. The Balaban J connectivity index is 1.64. The van der Waals surface area contributed by atoms with Crippen molar-refractivity contribution in [2.75, 3.05) is 32.2 Å². The second kappa shape index (κ2) is 13.4. The van der Waals surface area contributed by atoms with Gasteiger partial charge in [-0.2, -0.15) is 0 Å². The minimum atomic E-state index is -0.266. The average molecular weight is 431 g/mol. The van der Waals surface area contributed by atoms with Crippen molar-refractivity contribution in [1.82, 2.24) is 0 Å². The number of hydrogen-bond donors (Lipinski definition) is 2. The molecule has 0 radical (unpaired) electrons. The maximum Gasteiger partial charge on any atom is 0.305 e. The monoisotopic (exact) mass is 430 g/mol. The number of rotatable bonds is 13. The van der Waals surface area contributed by atoms with Crippen LogP contribution in [0.3, 0.4) is 0 Å². The molecule has 0 saturated heterocycles. The summed E-state index contributed by atoms with van der Waals surface area (Å²) >= 11 is 8.35. The van der Waals surface area contributed by atoms with E-state index < -0.39 is 0 Å². The molecule has 2 rings (SSSR count). The van der Waals surface area contributed by atoms with Crippen molar-refractivity contribution in [3.63, 3.8) is 0 Å². The molecule has 1 aliphatic rings. The van der Waals surface area contributed by atoms with Gasteiger partial charge in [0, 0.05) is 35.7 Å². The molecule has 0 amide bonds. The highest BCUT2D eigenvalue weighted by Crippen LogP contribution is 2.39. The second-order valence-electron chi connectivity index (χ2n) is 7.11. The van der Waals surface area contributed by atoms with Crippen LogP contribution in [-0.2, 0) is 20.9 Å². The number of unbranched alkanes of at least 4 members (excludes halogenated alkanes) is 1. The van der Waals surface area contributed by atoms with Crippen molar-refractivity contribution in [2.45, 2.75) is 49.0 Å². The lowest BCUT2D eigenvalue weighted by atomic mass is 9.99. The summed E-state index contributed by atoms with van der Waals surface area (Å²) < 4.78 is 10.7. The Morgan fingerprint density at radius 1 is 1.21 bits per heavy atom. The number of aliphatic hydroxyl groups is 2. The molecule has 0 aliphatic heterocycles. The molecule has 1 aliphatic carbocycles. The molecular formula is C21H31ClO5S. The lowest BCUT2D eigenvalue weighted by Crippen LogP contribution is -2.22. The molecule has 5 nitrogen and oxygen atoms in total. The number of hydrogen-bond acceptors (Lipinski definition) is 6. The first kappa shape index (κ1) is 23.5. The van der Waals surface area contributed by atoms with Gasteiger partial charge < -0.3 is 19.7 Å². The van der Waals surface area contributed by atoms with E-state index in [1.54, 1.807) is 11.8 Å². The van der Waals surface area contributed by atoms with Gasteiger partial charge in [0.1, 0.15) is 6.61 Å². The van der Waals surface area contributed by atoms with Crippen molar-refractivity contribution in [1.29, 1.82) is 0 Å². The summed E-state index contributed by atoms with van der Waals surface area (Å²) in [4.78, 5) is 12.5. The molecule has 7 heteroatoms. The lowest BCUT2D eigenvalue weighted by molar-refractivity contribution is -0.144. The predicted molar refractivity (Wildman–Crippen MR) is 112 cm³/mol. The van der Waals surface area contributed by atoms with Crippen LogP contribution >= 0.6 is 23.4 Å². The minimum Gasteiger partial charge on any atom is -0.463 e. The first-order chi connectivity index (χ1) is 13.6. The normalized spacial score (nSPS) is 21.8. The van der Waals surface area contributed by atoms with E-state index in [0.29, 0.717) is 31.5 Å². The van der Waals surface area contributed by atoms with Gasteiger partial charge >= 0.3 is 5.97 Å². The number of esters is 1. The number of ether oxygens (including phenoxy) is 2. The molecule has 3 atom stereocenters. The summed E-state index contributed by atoms with van der Waals surface area (Å²) in [7, 11) is 0. The summed E-state index contributed by atoms with van der Waals surface area (Å²) in [5.41, 5.74) is 0.930. The first-order valence-corrected chi connectivity index (χ1v) is 11.4. The van der Waals surface area contributed by atoms with E-state index in [0.717, 1.165) is 41.9 Å². The molecule has 0 aromatic heterocycles. The van der Waals surface area contributed by atoms with Gasteiger partial charge in [0.05, 0.1) is 13.2 Å². The molecule has 1 aromatic rings. The molecule has 1 fully saturated rings. The molecule has 0 heterocycles. The Morgan fingerprint density at radius 2 is 2.07 bits per heavy atom. The molecule has 1 unspecified atom stereocenters. The maximum absolute atomic E-state index is 11.3. The van der Waals surface area contributed by atoms with Crippen molar-refractivity contribution >= 4 is 29.3 Å². The fourth-order valence-electron chi connectivity index (χ4n) is 3.41. The van der Waals surface area contributed by atoms with Gasteiger partial charge in [0.15, 0.2) is 0 Å². The second-order valence-corrected chi connectivity index (χ2v) is 8.76. The zero-order valence-electron chi connectivity index (χ0n) is 16.2. The first-order valence-electron chi connectivity index (χ1n) is 9.95. The van der Waals surface area contributed by atoms with Crippen molar-refractivity contribution in [3.8, 4) is 0 Å². The van der Waals surface area contributed by atoms with Crippen LogP contribution in [0, 0.1) is 11.8 Å². The summed E-state index contributed by atoms with van der Waals surface area (Å²) in [6, 6.07) is 7.99. The van der Waals surface area contributed by atoms with Crippen molar-refractivity contribution < 1.29 is 24.5 Å². The van der Waals surface area contributed by atoms with E-state index in [1.807, 2.05) is 18.2 Å². The van der Waals surface area contributed by atoms with E-state index >= 15 is 0 Å². The molecule has 0 spiro atoms. The van der Waals surface area contributed by atoms with Crippen LogP contribution in [-0.4, -0.2) is 53.7 Å². The third kappa shape index (κ3) is 8.29. The summed E-state index contributed by atoms with van der Waals surface area (Å²) in [5, 5.41) is 18.1. The Bertz CT molecular complexity index is 586. The highest BCUT2D eigenvalue weighted by Gasteiger charge is 2.34. The van der Waals surface area contributed by atoms with E-state index in [2.05, 4.69) is 6.07 Å². The summed E-state index contributed by atoms with van der Waals surface area (Å²) in [6.07, 6.45) is 4.02. The standard InChI is InChI=1S/C21H31ClO5S/c22-20-8-7-17(14-26-10-2-1-6-21(25)27-11-9-23)19(20)15-28-18-5-3-4-16(12-18)13-24/h3-5,12,17,19-20,23-24H,1-2,6-11,13-15H2/t17-,19-,20?/m1/s1.